The fourth-order valence-electron chi connectivity index (χ4n) is 5.95. The Hall–Kier alpha value is -2.08. The molecule has 3 aromatic carbocycles. The summed E-state index contributed by atoms with van der Waals surface area (Å²) >= 11 is 0. The summed E-state index contributed by atoms with van der Waals surface area (Å²) in [5, 5.41) is 2.78. The molecule has 34 heavy (non-hydrogen) atoms. The average Bonchev–Trinajstić information content (AvgIpc) is 2.88. The van der Waals surface area contributed by atoms with Crippen molar-refractivity contribution < 1.29 is 0 Å². The summed E-state index contributed by atoms with van der Waals surface area (Å²) in [6, 6.07) is 23.8. The van der Waals surface area contributed by atoms with Crippen LogP contribution in [0.2, 0.25) is 0 Å². The van der Waals surface area contributed by atoms with Crippen molar-refractivity contribution in [3.63, 3.8) is 0 Å². The molecule has 1 saturated carbocycles. The van der Waals surface area contributed by atoms with E-state index in [0.717, 1.165) is 24.7 Å². The lowest BCUT2D eigenvalue weighted by molar-refractivity contribution is 0.303. The highest BCUT2D eigenvalue weighted by atomic mass is 14.3. The van der Waals surface area contributed by atoms with Gasteiger partial charge in [-0.05, 0) is 96.2 Å². The zero-order valence-electron chi connectivity index (χ0n) is 21.8. The fraction of sp³-hybridized carbons (Fsp3) is 0.529. The van der Waals surface area contributed by atoms with Gasteiger partial charge in [-0.15, -0.1) is 0 Å². The maximum atomic E-state index is 2.43. The van der Waals surface area contributed by atoms with Crippen molar-refractivity contribution in [2.45, 2.75) is 110 Å². The van der Waals surface area contributed by atoms with Gasteiger partial charge in [0.05, 0.1) is 0 Å². The fourth-order valence-corrected chi connectivity index (χ4v) is 5.95. The molecule has 3 aromatic rings. The summed E-state index contributed by atoms with van der Waals surface area (Å²) in [5.74, 6) is 1.79. The van der Waals surface area contributed by atoms with Gasteiger partial charge in [-0.1, -0.05) is 113 Å². The highest BCUT2D eigenvalue weighted by molar-refractivity contribution is 5.83. The molecule has 0 aromatic heterocycles. The molecule has 0 N–H and O–H groups in total. The Morgan fingerprint density at radius 3 is 1.76 bits per heavy atom. The van der Waals surface area contributed by atoms with E-state index in [1.165, 1.54) is 105 Å². The zero-order chi connectivity index (χ0) is 23.6. The topological polar surface area (TPSA) is 0 Å². The van der Waals surface area contributed by atoms with Crippen molar-refractivity contribution in [2.75, 3.05) is 0 Å². The first kappa shape index (κ1) is 25.0. The lowest BCUT2D eigenvalue weighted by Gasteiger charge is -2.29. The molecule has 4 rings (SSSR count). The minimum atomic E-state index is 0.795. The summed E-state index contributed by atoms with van der Waals surface area (Å²) in [7, 11) is 0. The van der Waals surface area contributed by atoms with Crippen LogP contribution in [0, 0.1) is 5.92 Å². The van der Waals surface area contributed by atoms with Crippen LogP contribution in [0.1, 0.15) is 113 Å². The molecule has 0 amide bonds. The van der Waals surface area contributed by atoms with E-state index in [1.54, 1.807) is 5.56 Å². The van der Waals surface area contributed by atoms with Crippen LogP contribution in [0.3, 0.4) is 0 Å². The summed E-state index contributed by atoms with van der Waals surface area (Å²) in [6.45, 7) is 4.59. The molecule has 0 spiro atoms. The van der Waals surface area contributed by atoms with Gasteiger partial charge in [-0.25, -0.2) is 0 Å². The Bertz CT molecular complexity index is 988. The first-order chi connectivity index (χ1) is 16.7. The Balaban J connectivity index is 1.26. The number of benzene rings is 3. The van der Waals surface area contributed by atoms with E-state index in [0.29, 0.717) is 0 Å². The van der Waals surface area contributed by atoms with E-state index in [-0.39, 0.29) is 0 Å². The second-order valence-corrected chi connectivity index (χ2v) is 10.9. The minimum Gasteiger partial charge on any atom is -0.0654 e. The second kappa shape index (κ2) is 13.1. The molecule has 0 atom stereocenters. The van der Waals surface area contributed by atoms with Gasteiger partial charge in [0, 0.05) is 0 Å². The van der Waals surface area contributed by atoms with Gasteiger partial charge in [-0.3, -0.25) is 0 Å². The Morgan fingerprint density at radius 2 is 1.12 bits per heavy atom. The van der Waals surface area contributed by atoms with Gasteiger partial charge in [0.2, 0.25) is 0 Å². The van der Waals surface area contributed by atoms with E-state index >= 15 is 0 Å². The molecule has 0 aliphatic heterocycles. The molecule has 182 valence electrons. The van der Waals surface area contributed by atoms with Crippen molar-refractivity contribution in [1.29, 1.82) is 0 Å². The van der Waals surface area contributed by atoms with Crippen LogP contribution in [0.15, 0.2) is 60.7 Å². The SMILES string of the molecule is CCCCCc1ccc2cc(CCc3ccc(C4CCC(CCCCC)CC4)cc3)ccc2c1. The summed E-state index contributed by atoms with van der Waals surface area (Å²) in [5.41, 5.74) is 6.00. The van der Waals surface area contributed by atoms with E-state index in [9.17, 15) is 0 Å². The normalized spacial score (nSPS) is 18.4. The van der Waals surface area contributed by atoms with Crippen LogP contribution in [0.4, 0.5) is 0 Å². The number of fused-ring (bicyclic) bond motifs is 1. The minimum absolute atomic E-state index is 0.795. The van der Waals surface area contributed by atoms with Crippen molar-refractivity contribution in [3.05, 3.63) is 82.9 Å². The molecule has 0 bridgehead atoms. The Morgan fingerprint density at radius 1 is 0.559 bits per heavy atom. The number of aryl methyl sites for hydroxylation is 3. The number of hydrogen-bond acceptors (Lipinski definition) is 0. The standard InChI is InChI=1S/C34H46/c1-3-5-7-9-27-13-19-31(20-14-27)32-21-15-28(16-22-32)11-12-30-18-24-33-25-29(10-8-6-4-2)17-23-34(33)26-30/h15-18,21-27,31H,3-14,19-20H2,1-2H3. The summed E-state index contributed by atoms with van der Waals surface area (Å²) in [4.78, 5) is 0. The first-order valence-corrected chi connectivity index (χ1v) is 14.4. The predicted molar refractivity (Wildman–Crippen MR) is 150 cm³/mol. The number of rotatable bonds is 12. The van der Waals surface area contributed by atoms with Crippen LogP contribution in [-0.4, -0.2) is 0 Å². The van der Waals surface area contributed by atoms with Crippen molar-refractivity contribution in [2.24, 2.45) is 5.92 Å². The Labute approximate surface area is 209 Å². The van der Waals surface area contributed by atoms with E-state index in [4.69, 9.17) is 0 Å². The maximum absolute atomic E-state index is 2.43. The summed E-state index contributed by atoms with van der Waals surface area (Å²) < 4.78 is 0. The summed E-state index contributed by atoms with van der Waals surface area (Å²) in [6.07, 6.45) is 18.7. The largest absolute Gasteiger partial charge is 0.0654 e. The smallest absolute Gasteiger partial charge is 0.0162 e. The van der Waals surface area contributed by atoms with E-state index in [2.05, 4.69) is 74.5 Å². The van der Waals surface area contributed by atoms with Crippen LogP contribution < -0.4 is 0 Å². The molecule has 0 heteroatoms. The lowest BCUT2D eigenvalue weighted by atomic mass is 9.77. The van der Waals surface area contributed by atoms with Gasteiger partial charge in [0.15, 0.2) is 0 Å². The zero-order valence-corrected chi connectivity index (χ0v) is 21.8. The van der Waals surface area contributed by atoms with Gasteiger partial charge >= 0.3 is 0 Å². The third-order valence-electron chi connectivity index (χ3n) is 8.25. The number of hydrogen-bond donors (Lipinski definition) is 0. The van der Waals surface area contributed by atoms with Gasteiger partial charge in [0.1, 0.15) is 0 Å². The predicted octanol–water partition coefficient (Wildman–Crippen LogP) is 10.2. The molecule has 0 unspecified atom stereocenters. The molecule has 1 fully saturated rings. The third kappa shape index (κ3) is 7.21. The van der Waals surface area contributed by atoms with Crippen LogP contribution in [-0.2, 0) is 19.3 Å². The van der Waals surface area contributed by atoms with Crippen molar-refractivity contribution in [3.8, 4) is 0 Å². The van der Waals surface area contributed by atoms with Gasteiger partial charge in [0.25, 0.3) is 0 Å². The lowest BCUT2D eigenvalue weighted by Crippen LogP contribution is -2.13. The quantitative estimate of drug-likeness (QED) is 0.239. The maximum Gasteiger partial charge on any atom is -0.0162 e. The number of unbranched alkanes of at least 4 members (excludes halogenated alkanes) is 4. The molecule has 1 aliphatic carbocycles. The van der Waals surface area contributed by atoms with E-state index < -0.39 is 0 Å². The highest BCUT2D eigenvalue weighted by Gasteiger charge is 2.21. The monoisotopic (exact) mass is 454 g/mol. The third-order valence-corrected chi connectivity index (χ3v) is 8.25. The molecule has 0 heterocycles. The van der Waals surface area contributed by atoms with Gasteiger partial charge in [-0.2, -0.15) is 0 Å². The van der Waals surface area contributed by atoms with Crippen molar-refractivity contribution in [1.82, 2.24) is 0 Å². The molecule has 0 radical (unpaired) electrons. The first-order valence-electron chi connectivity index (χ1n) is 14.4. The van der Waals surface area contributed by atoms with Crippen LogP contribution >= 0.6 is 0 Å². The van der Waals surface area contributed by atoms with E-state index in [1.807, 2.05) is 0 Å². The molecule has 0 saturated heterocycles. The van der Waals surface area contributed by atoms with Crippen LogP contribution in [0.25, 0.3) is 10.8 Å². The average molecular weight is 455 g/mol. The second-order valence-electron chi connectivity index (χ2n) is 10.9. The van der Waals surface area contributed by atoms with Crippen LogP contribution in [0.5, 0.6) is 0 Å². The molecule has 0 nitrogen and oxygen atoms in total. The molecule has 1 aliphatic rings. The van der Waals surface area contributed by atoms with Gasteiger partial charge < -0.3 is 0 Å². The highest BCUT2D eigenvalue weighted by Crippen LogP contribution is 2.37. The molecular formula is C34H46. The van der Waals surface area contributed by atoms with Crippen molar-refractivity contribution >= 4 is 10.8 Å². The Kier molecular flexibility index (Phi) is 9.66. The molecular weight excluding hydrogens is 408 g/mol.